The Morgan fingerprint density at radius 3 is 2.39 bits per heavy atom. The first-order valence-corrected chi connectivity index (χ1v) is 7.42. The van der Waals surface area contributed by atoms with Crippen LogP contribution in [0.2, 0.25) is 0 Å². The minimum atomic E-state index is -0.119. The first kappa shape index (κ1) is 15.9. The van der Waals surface area contributed by atoms with Crippen molar-refractivity contribution in [3.8, 4) is 0 Å². The summed E-state index contributed by atoms with van der Waals surface area (Å²) in [5.74, 6) is 0. The quantitative estimate of drug-likeness (QED) is 0.792. The third-order valence-electron chi connectivity index (χ3n) is 4.42. The van der Waals surface area contributed by atoms with Crippen LogP contribution in [0.25, 0.3) is 0 Å². The first-order valence-electron chi connectivity index (χ1n) is 7.42. The zero-order chi connectivity index (χ0) is 13.8. The van der Waals surface area contributed by atoms with Gasteiger partial charge < -0.3 is 15.3 Å². The van der Waals surface area contributed by atoms with Crippen molar-refractivity contribution >= 4 is 0 Å². The van der Waals surface area contributed by atoms with Crippen LogP contribution in [-0.4, -0.2) is 48.8 Å². The smallest absolute Gasteiger partial charge is 0.0695 e. The van der Waals surface area contributed by atoms with Crippen LogP contribution < -0.4 is 5.32 Å². The maximum atomic E-state index is 10.1. The molecule has 0 aliphatic heterocycles. The maximum Gasteiger partial charge on any atom is 0.0695 e. The Bertz CT molecular complexity index is 237. The second kappa shape index (κ2) is 6.88. The van der Waals surface area contributed by atoms with Crippen LogP contribution in [0.1, 0.15) is 52.9 Å². The molecule has 1 rings (SSSR count). The van der Waals surface area contributed by atoms with Crippen molar-refractivity contribution in [1.29, 1.82) is 0 Å². The van der Waals surface area contributed by atoms with Crippen LogP contribution in [0.4, 0.5) is 0 Å². The Morgan fingerprint density at radius 2 is 1.89 bits per heavy atom. The summed E-state index contributed by atoms with van der Waals surface area (Å²) in [4.78, 5) is 2.36. The van der Waals surface area contributed by atoms with Gasteiger partial charge in [0.1, 0.15) is 0 Å². The highest BCUT2D eigenvalue weighted by molar-refractivity contribution is 4.84. The Balaban J connectivity index is 2.41. The van der Waals surface area contributed by atoms with Crippen LogP contribution in [-0.2, 0) is 0 Å². The molecule has 3 nitrogen and oxygen atoms in total. The van der Waals surface area contributed by atoms with Crippen LogP contribution in [0, 0.1) is 5.41 Å². The highest BCUT2D eigenvalue weighted by Gasteiger charge is 2.28. The van der Waals surface area contributed by atoms with Crippen LogP contribution in [0.3, 0.4) is 0 Å². The van der Waals surface area contributed by atoms with Gasteiger partial charge in [0.05, 0.1) is 6.10 Å². The summed E-state index contributed by atoms with van der Waals surface area (Å²) in [6.45, 7) is 7.90. The largest absolute Gasteiger partial charge is 0.391 e. The molecular weight excluding hydrogens is 224 g/mol. The number of hydrogen-bond donors (Lipinski definition) is 2. The van der Waals surface area contributed by atoms with Crippen molar-refractivity contribution in [2.75, 3.05) is 20.6 Å². The maximum absolute atomic E-state index is 10.1. The second-order valence-corrected chi connectivity index (χ2v) is 6.90. The zero-order valence-corrected chi connectivity index (χ0v) is 12.9. The summed E-state index contributed by atoms with van der Waals surface area (Å²) < 4.78 is 0. The summed E-state index contributed by atoms with van der Waals surface area (Å²) in [5.41, 5.74) is 0.292. The Hall–Kier alpha value is -0.120. The molecule has 0 aromatic rings. The molecule has 1 fully saturated rings. The van der Waals surface area contributed by atoms with Gasteiger partial charge in [-0.05, 0) is 45.3 Å². The standard InChI is InChI=1S/C15H32N2O/c1-15(2,3)14(16-4)10-11-17(5)12-8-6-7-9-13(12)18/h12-14,16,18H,6-11H2,1-5H3. The molecule has 1 saturated carbocycles. The highest BCUT2D eigenvalue weighted by Crippen LogP contribution is 2.25. The summed E-state index contributed by atoms with van der Waals surface area (Å²) in [5, 5.41) is 13.5. The molecule has 3 atom stereocenters. The van der Waals surface area contributed by atoms with E-state index >= 15 is 0 Å². The predicted octanol–water partition coefficient (Wildman–Crippen LogP) is 2.25. The molecule has 1 aliphatic rings. The van der Waals surface area contributed by atoms with E-state index in [2.05, 4.69) is 38.0 Å². The van der Waals surface area contributed by atoms with Crippen molar-refractivity contribution in [3.05, 3.63) is 0 Å². The summed E-state index contributed by atoms with van der Waals surface area (Å²) in [7, 11) is 4.21. The van der Waals surface area contributed by atoms with E-state index in [-0.39, 0.29) is 6.10 Å². The van der Waals surface area contributed by atoms with Gasteiger partial charge in [0.2, 0.25) is 0 Å². The van der Waals surface area contributed by atoms with Crippen molar-refractivity contribution < 1.29 is 5.11 Å². The average molecular weight is 256 g/mol. The van der Waals surface area contributed by atoms with E-state index in [0.29, 0.717) is 17.5 Å². The molecule has 0 amide bonds. The van der Waals surface area contributed by atoms with Gasteiger partial charge in [0.15, 0.2) is 0 Å². The Kier molecular flexibility index (Phi) is 6.09. The van der Waals surface area contributed by atoms with Crippen LogP contribution in [0.5, 0.6) is 0 Å². The molecule has 0 spiro atoms. The number of nitrogens with one attached hydrogen (secondary N) is 1. The molecule has 0 saturated heterocycles. The molecule has 0 heterocycles. The van der Waals surface area contributed by atoms with Crippen molar-refractivity contribution in [1.82, 2.24) is 10.2 Å². The number of rotatable bonds is 5. The number of aliphatic hydroxyl groups is 1. The van der Waals surface area contributed by atoms with Gasteiger partial charge >= 0.3 is 0 Å². The first-order chi connectivity index (χ1) is 8.36. The molecule has 108 valence electrons. The lowest BCUT2D eigenvalue weighted by molar-refractivity contribution is 0.0291. The molecule has 3 unspecified atom stereocenters. The SMILES string of the molecule is CNC(CCN(C)C1CCCCC1O)C(C)(C)C. The summed E-state index contributed by atoms with van der Waals surface area (Å²) >= 11 is 0. The lowest BCUT2D eigenvalue weighted by atomic mass is 9.84. The molecule has 3 heteroatoms. The van der Waals surface area contributed by atoms with Crippen LogP contribution >= 0.6 is 0 Å². The fourth-order valence-electron chi connectivity index (χ4n) is 3.11. The average Bonchev–Trinajstić information content (AvgIpc) is 2.28. The summed E-state index contributed by atoms with van der Waals surface area (Å²) in [6, 6.07) is 0.900. The fourth-order valence-corrected chi connectivity index (χ4v) is 3.11. The highest BCUT2D eigenvalue weighted by atomic mass is 16.3. The minimum Gasteiger partial charge on any atom is -0.391 e. The van der Waals surface area contributed by atoms with Gasteiger partial charge in [-0.2, -0.15) is 0 Å². The van der Waals surface area contributed by atoms with E-state index in [9.17, 15) is 5.11 Å². The number of nitrogens with zero attached hydrogens (tertiary/aromatic N) is 1. The molecule has 1 aliphatic carbocycles. The Morgan fingerprint density at radius 1 is 1.28 bits per heavy atom. The number of likely N-dealkylation sites (N-methyl/N-ethyl adjacent to an activating group) is 1. The van der Waals surface area contributed by atoms with E-state index in [0.717, 1.165) is 25.8 Å². The van der Waals surface area contributed by atoms with E-state index < -0.39 is 0 Å². The molecule has 18 heavy (non-hydrogen) atoms. The van der Waals surface area contributed by atoms with Gasteiger partial charge in [0, 0.05) is 12.1 Å². The molecule has 2 N–H and O–H groups in total. The van der Waals surface area contributed by atoms with Gasteiger partial charge in [0.25, 0.3) is 0 Å². The van der Waals surface area contributed by atoms with Gasteiger partial charge in [-0.3, -0.25) is 0 Å². The Labute approximate surface area is 113 Å². The number of hydrogen-bond acceptors (Lipinski definition) is 3. The molecule has 0 aromatic carbocycles. The monoisotopic (exact) mass is 256 g/mol. The number of aliphatic hydroxyl groups excluding tert-OH is 1. The van der Waals surface area contributed by atoms with Gasteiger partial charge in [-0.1, -0.05) is 33.6 Å². The minimum absolute atomic E-state index is 0.119. The molecule has 0 radical (unpaired) electrons. The van der Waals surface area contributed by atoms with E-state index in [1.54, 1.807) is 0 Å². The predicted molar refractivity (Wildman–Crippen MR) is 77.8 cm³/mol. The molecule has 0 bridgehead atoms. The third-order valence-corrected chi connectivity index (χ3v) is 4.42. The van der Waals surface area contributed by atoms with E-state index in [4.69, 9.17) is 0 Å². The normalized spacial score (nSPS) is 27.5. The summed E-state index contributed by atoms with van der Waals surface area (Å²) in [6.07, 6.45) is 5.60. The topological polar surface area (TPSA) is 35.5 Å². The molecule has 0 aromatic heterocycles. The third kappa shape index (κ3) is 4.52. The lowest BCUT2D eigenvalue weighted by Gasteiger charge is -2.37. The zero-order valence-electron chi connectivity index (χ0n) is 12.9. The van der Waals surface area contributed by atoms with Crippen molar-refractivity contribution in [2.24, 2.45) is 5.41 Å². The lowest BCUT2D eigenvalue weighted by Crippen LogP contribution is -2.46. The van der Waals surface area contributed by atoms with Gasteiger partial charge in [-0.15, -0.1) is 0 Å². The van der Waals surface area contributed by atoms with Gasteiger partial charge in [-0.25, -0.2) is 0 Å². The fraction of sp³-hybridized carbons (Fsp3) is 1.00. The van der Waals surface area contributed by atoms with Crippen LogP contribution in [0.15, 0.2) is 0 Å². The van der Waals surface area contributed by atoms with E-state index in [1.165, 1.54) is 12.8 Å². The van der Waals surface area contributed by atoms with Crippen molar-refractivity contribution in [2.45, 2.75) is 71.1 Å². The van der Waals surface area contributed by atoms with E-state index in [1.807, 2.05) is 7.05 Å². The van der Waals surface area contributed by atoms with Crippen molar-refractivity contribution in [3.63, 3.8) is 0 Å². The second-order valence-electron chi connectivity index (χ2n) is 6.90. The molecular formula is C15H32N2O.